The lowest BCUT2D eigenvalue weighted by Gasteiger charge is -2.22. The van der Waals surface area contributed by atoms with Gasteiger partial charge in [0.05, 0.1) is 12.7 Å². The molecule has 0 aliphatic heterocycles. The molecule has 1 aromatic heterocycles. The highest BCUT2D eigenvalue weighted by molar-refractivity contribution is 5.89. The molecule has 2 rings (SSSR count). The Bertz CT molecular complexity index is 484. The standard InChI is InChI=1S/C14H18N2O4/c1-19-13(17)10-7-8-15-12(9-10)20-14(18)16-11-5-3-2-4-6-11/h7-9,11H,2-6H2,1H3,(H,16,18). The smallest absolute Gasteiger partial charge is 0.414 e. The molecule has 1 aliphatic rings. The quantitative estimate of drug-likeness (QED) is 0.858. The molecule has 1 heterocycles. The Labute approximate surface area is 117 Å². The SMILES string of the molecule is COC(=O)c1ccnc(OC(=O)NC2CCCCC2)c1. The summed E-state index contributed by atoms with van der Waals surface area (Å²) >= 11 is 0. The van der Waals surface area contributed by atoms with Gasteiger partial charge in [-0.2, -0.15) is 0 Å². The second-order valence-electron chi connectivity index (χ2n) is 4.74. The number of methoxy groups -OCH3 is 1. The van der Waals surface area contributed by atoms with Crippen molar-refractivity contribution in [3.8, 4) is 5.88 Å². The van der Waals surface area contributed by atoms with Crippen molar-refractivity contribution in [3.05, 3.63) is 23.9 Å². The van der Waals surface area contributed by atoms with Crippen LogP contribution in [0.15, 0.2) is 18.3 Å². The van der Waals surface area contributed by atoms with E-state index in [0.717, 1.165) is 25.7 Å². The van der Waals surface area contributed by atoms with E-state index in [1.54, 1.807) is 0 Å². The van der Waals surface area contributed by atoms with E-state index in [0.29, 0.717) is 5.56 Å². The molecule has 0 saturated heterocycles. The number of hydrogen-bond acceptors (Lipinski definition) is 5. The molecule has 20 heavy (non-hydrogen) atoms. The summed E-state index contributed by atoms with van der Waals surface area (Å²) in [6, 6.07) is 3.05. The second-order valence-corrected chi connectivity index (χ2v) is 4.74. The zero-order valence-corrected chi connectivity index (χ0v) is 11.4. The lowest BCUT2D eigenvalue weighted by atomic mass is 9.96. The van der Waals surface area contributed by atoms with Crippen molar-refractivity contribution in [2.24, 2.45) is 0 Å². The first-order valence-electron chi connectivity index (χ1n) is 6.72. The van der Waals surface area contributed by atoms with Gasteiger partial charge >= 0.3 is 12.1 Å². The summed E-state index contributed by atoms with van der Waals surface area (Å²) in [5.41, 5.74) is 0.294. The molecule has 0 spiro atoms. The van der Waals surface area contributed by atoms with Gasteiger partial charge in [0.1, 0.15) is 0 Å². The van der Waals surface area contributed by atoms with Gasteiger partial charge in [0.15, 0.2) is 0 Å². The monoisotopic (exact) mass is 278 g/mol. The van der Waals surface area contributed by atoms with Crippen LogP contribution in [0.3, 0.4) is 0 Å². The highest BCUT2D eigenvalue weighted by Crippen LogP contribution is 2.17. The number of ether oxygens (including phenoxy) is 2. The van der Waals surface area contributed by atoms with Crippen molar-refractivity contribution in [3.63, 3.8) is 0 Å². The Morgan fingerprint density at radius 1 is 1.30 bits per heavy atom. The van der Waals surface area contributed by atoms with Gasteiger partial charge in [-0.25, -0.2) is 14.6 Å². The maximum absolute atomic E-state index is 11.7. The number of esters is 1. The number of rotatable bonds is 3. The van der Waals surface area contributed by atoms with E-state index in [1.165, 1.54) is 31.9 Å². The van der Waals surface area contributed by atoms with Crippen LogP contribution in [0.4, 0.5) is 4.79 Å². The average molecular weight is 278 g/mol. The summed E-state index contributed by atoms with van der Waals surface area (Å²) in [5, 5.41) is 2.81. The normalized spacial score (nSPS) is 15.4. The molecule has 0 bridgehead atoms. The van der Waals surface area contributed by atoms with Crippen LogP contribution in [0, 0.1) is 0 Å². The summed E-state index contributed by atoms with van der Waals surface area (Å²) in [6.07, 6.45) is 6.29. The third-order valence-electron chi connectivity index (χ3n) is 3.28. The lowest BCUT2D eigenvalue weighted by molar-refractivity contribution is 0.0600. The Morgan fingerprint density at radius 2 is 2.05 bits per heavy atom. The molecule has 1 aromatic rings. The Kier molecular flexibility index (Phi) is 4.92. The number of aromatic nitrogens is 1. The summed E-state index contributed by atoms with van der Waals surface area (Å²) < 4.78 is 9.68. The highest BCUT2D eigenvalue weighted by atomic mass is 16.6. The van der Waals surface area contributed by atoms with Crippen LogP contribution in [-0.4, -0.2) is 30.2 Å². The predicted octanol–water partition coefficient (Wildman–Crippen LogP) is 2.29. The summed E-state index contributed by atoms with van der Waals surface area (Å²) in [6.45, 7) is 0. The molecule has 1 saturated carbocycles. The van der Waals surface area contributed by atoms with Crippen LogP contribution in [0.2, 0.25) is 0 Å². The van der Waals surface area contributed by atoms with Crippen molar-refractivity contribution in [2.75, 3.05) is 7.11 Å². The number of nitrogens with one attached hydrogen (secondary N) is 1. The molecule has 0 radical (unpaired) electrons. The fourth-order valence-corrected chi connectivity index (χ4v) is 2.25. The maximum Gasteiger partial charge on any atom is 0.414 e. The van der Waals surface area contributed by atoms with Gasteiger partial charge in [0.25, 0.3) is 0 Å². The lowest BCUT2D eigenvalue weighted by Crippen LogP contribution is -2.38. The molecule has 108 valence electrons. The number of carbonyl (C=O) groups excluding carboxylic acids is 2. The average Bonchev–Trinajstić information content (AvgIpc) is 2.47. The fourth-order valence-electron chi connectivity index (χ4n) is 2.25. The van der Waals surface area contributed by atoms with Crippen molar-refractivity contribution >= 4 is 12.1 Å². The minimum absolute atomic E-state index is 0.0845. The van der Waals surface area contributed by atoms with E-state index in [2.05, 4.69) is 15.0 Å². The number of hydrogen-bond donors (Lipinski definition) is 1. The van der Waals surface area contributed by atoms with Gasteiger partial charge in [0, 0.05) is 18.3 Å². The predicted molar refractivity (Wildman–Crippen MR) is 71.6 cm³/mol. The molecule has 6 heteroatoms. The van der Waals surface area contributed by atoms with E-state index >= 15 is 0 Å². The van der Waals surface area contributed by atoms with Crippen LogP contribution in [0.1, 0.15) is 42.5 Å². The zero-order chi connectivity index (χ0) is 14.4. The topological polar surface area (TPSA) is 77.5 Å². The van der Waals surface area contributed by atoms with Crippen LogP contribution >= 0.6 is 0 Å². The van der Waals surface area contributed by atoms with Gasteiger partial charge in [-0.3, -0.25) is 0 Å². The minimum atomic E-state index is -0.536. The summed E-state index contributed by atoms with van der Waals surface area (Å²) in [7, 11) is 1.29. The molecule has 1 N–H and O–H groups in total. The van der Waals surface area contributed by atoms with E-state index in [1.807, 2.05) is 0 Å². The summed E-state index contributed by atoms with van der Waals surface area (Å²) in [5.74, 6) is -0.411. The van der Waals surface area contributed by atoms with Crippen LogP contribution in [0.5, 0.6) is 5.88 Å². The van der Waals surface area contributed by atoms with Crippen LogP contribution in [-0.2, 0) is 4.74 Å². The van der Waals surface area contributed by atoms with Crippen molar-refractivity contribution in [1.29, 1.82) is 0 Å². The summed E-state index contributed by atoms with van der Waals surface area (Å²) in [4.78, 5) is 27.0. The minimum Gasteiger partial charge on any atom is -0.465 e. The number of amides is 1. The molecule has 0 aromatic carbocycles. The molecular formula is C14H18N2O4. The van der Waals surface area contributed by atoms with E-state index in [4.69, 9.17) is 4.74 Å². The van der Waals surface area contributed by atoms with Crippen LogP contribution < -0.4 is 10.1 Å². The van der Waals surface area contributed by atoms with Gasteiger partial charge in [-0.15, -0.1) is 0 Å². The molecule has 1 aliphatic carbocycles. The van der Waals surface area contributed by atoms with Crippen molar-refractivity contribution in [2.45, 2.75) is 38.1 Å². The number of carbonyl (C=O) groups is 2. The maximum atomic E-state index is 11.7. The second kappa shape index (κ2) is 6.88. The zero-order valence-electron chi connectivity index (χ0n) is 11.4. The molecule has 0 atom stereocenters. The van der Waals surface area contributed by atoms with Gasteiger partial charge < -0.3 is 14.8 Å². The first kappa shape index (κ1) is 14.3. The van der Waals surface area contributed by atoms with E-state index in [-0.39, 0.29) is 11.9 Å². The van der Waals surface area contributed by atoms with E-state index < -0.39 is 12.1 Å². The first-order chi connectivity index (χ1) is 9.69. The Balaban J connectivity index is 1.91. The molecule has 1 amide bonds. The fraction of sp³-hybridized carbons (Fsp3) is 0.500. The van der Waals surface area contributed by atoms with Crippen molar-refractivity contribution in [1.82, 2.24) is 10.3 Å². The highest BCUT2D eigenvalue weighted by Gasteiger charge is 2.17. The first-order valence-corrected chi connectivity index (χ1v) is 6.72. The van der Waals surface area contributed by atoms with Gasteiger partial charge in [0.2, 0.25) is 5.88 Å². The number of pyridine rings is 1. The Morgan fingerprint density at radius 3 is 2.75 bits per heavy atom. The Hall–Kier alpha value is -2.11. The molecule has 6 nitrogen and oxygen atoms in total. The molecule has 0 unspecified atom stereocenters. The third kappa shape index (κ3) is 3.94. The van der Waals surface area contributed by atoms with E-state index in [9.17, 15) is 9.59 Å². The molecular weight excluding hydrogens is 260 g/mol. The van der Waals surface area contributed by atoms with Crippen molar-refractivity contribution < 1.29 is 19.1 Å². The largest absolute Gasteiger partial charge is 0.465 e. The number of nitrogens with zero attached hydrogens (tertiary/aromatic N) is 1. The van der Waals surface area contributed by atoms with Gasteiger partial charge in [-0.1, -0.05) is 19.3 Å². The molecule has 1 fully saturated rings. The van der Waals surface area contributed by atoms with Crippen LogP contribution in [0.25, 0.3) is 0 Å². The third-order valence-corrected chi connectivity index (χ3v) is 3.28. The van der Waals surface area contributed by atoms with Gasteiger partial charge in [-0.05, 0) is 18.9 Å².